The molecule has 5 nitrogen and oxygen atoms in total. The number of carbonyl (C=O) groups is 1. The Kier molecular flexibility index (Phi) is 5.16. The molecule has 1 aliphatic rings. The molecule has 0 spiro atoms. The molecule has 0 aromatic rings. The Morgan fingerprint density at radius 1 is 1.39 bits per heavy atom. The summed E-state index contributed by atoms with van der Waals surface area (Å²) in [5.74, 6) is -0.632. The van der Waals surface area contributed by atoms with Crippen molar-refractivity contribution in [1.29, 1.82) is 0 Å². The van der Waals surface area contributed by atoms with Crippen LogP contribution in [0.2, 0.25) is 0 Å². The zero-order chi connectivity index (χ0) is 13.8. The van der Waals surface area contributed by atoms with Crippen molar-refractivity contribution >= 4 is 15.8 Å². The van der Waals surface area contributed by atoms with Gasteiger partial charge in [0.25, 0.3) is 0 Å². The maximum Gasteiger partial charge on any atom is 0.324 e. The van der Waals surface area contributed by atoms with Gasteiger partial charge in [-0.15, -0.1) is 0 Å². The van der Waals surface area contributed by atoms with Crippen molar-refractivity contribution in [3.63, 3.8) is 0 Å². The Hall–Kier alpha value is -0.620. The van der Waals surface area contributed by atoms with Gasteiger partial charge < -0.3 is 5.11 Å². The first-order valence-corrected chi connectivity index (χ1v) is 8.39. The van der Waals surface area contributed by atoms with E-state index in [9.17, 15) is 18.3 Å². The second-order valence-electron chi connectivity index (χ2n) is 4.91. The topological polar surface area (TPSA) is 74.7 Å². The van der Waals surface area contributed by atoms with Gasteiger partial charge in [-0.1, -0.05) is 20.3 Å². The van der Waals surface area contributed by atoms with Crippen molar-refractivity contribution < 1.29 is 18.3 Å². The fourth-order valence-electron chi connectivity index (χ4n) is 2.70. The van der Waals surface area contributed by atoms with E-state index in [1.807, 2.05) is 11.8 Å². The first kappa shape index (κ1) is 15.4. The van der Waals surface area contributed by atoms with Crippen LogP contribution in [0.15, 0.2) is 0 Å². The number of hydrogen-bond donors (Lipinski definition) is 1. The van der Waals surface area contributed by atoms with E-state index in [0.717, 1.165) is 12.8 Å². The van der Waals surface area contributed by atoms with Gasteiger partial charge in [0, 0.05) is 12.3 Å². The van der Waals surface area contributed by atoms with Crippen LogP contribution in [-0.4, -0.2) is 54.5 Å². The third-order valence-corrected chi connectivity index (χ3v) is 5.48. The van der Waals surface area contributed by atoms with Crippen LogP contribution in [0.25, 0.3) is 0 Å². The average Bonchev–Trinajstić information content (AvgIpc) is 2.71. The molecular formula is C12H23NO4S. The summed E-state index contributed by atoms with van der Waals surface area (Å²) >= 11 is 0. The minimum atomic E-state index is -3.03. The lowest BCUT2D eigenvalue weighted by Crippen LogP contribution is -2.51. The van der Waals surface area contributed by atoms with Gasteiger partial charge in [0.1, 0.15) is 5.54 Å². The molecule has 0 bridgehead atoms. The van der Waals surface area contributed by atoms with Gasteiger partial charge in [0.05, 0.1) is 5.75 Å². The minimum absolute atomic E-state index is 0.0578. The van der Waals surface area contributed by atoms with Crippen molar-refractivity contribution in [2.75, 3.05) is 24.6 Å². The summed E-state index contributed by atoms with van der Waals surface area (Å²) < 4.78 is 23.0. The van der Waals surface area contributed by atoms with E-state index in [1.54, 1.807) is 6.92 Å². The molecule has 1 atom stereocenters. The highest BCUT2D eigenvalue weighted by atomic mass is 32.2. The first-order chi connectivity index (χ1) is 8.38. The standard InChI is InChI=1S/C12H23NO4S/c1-3-6-12(11(14)15)7-5-8-13(12)9-10-18(16,17)4-2/h3-10H2,1-2H3,(H,14,15). The quantitative estimate of drug-likeness (QED) is 0.755. The molecular weight excluding hydrogens is 254 g/mol. The highest BCUT2D eigenvalue weighted by Gasteiger charge is 2.46. The molecule has 1 aliphatic heterocycles. The van der Waals surface area contributed by atoms with E-state index in [-0.39, 0.29) is 11.5 Å². The Labute approximate surface area is 109 Å². The molecule has 0 radical (unpaired) electrons. The van der Waals surface area contributed by atoms with E-state index >= 15 is 0 Å². The number of sulfone groups is 1. The number of carboxylic acids is 1. The molecule has 18 heavy (non-hydrogen) atoms. The molecule has 0 aliphatic carbocycles. The molecule has 1 unspecified atom stereocenters. The maximum atomic E-state index is 11.5. The normalized spacial score (nSPS) is 25.4. The van der Waals surface area contributed by atoms with Crippen LogP contribution < -0.4 is 0 Å². The molecule has 0 amide bonds. The summed E-state index contributed by atoms with van der Waals surface area (Å²) in [7, 11) is -3.03. The van der Waals surface area contributed by atoms with Crippen LogP contribution in [0.5, 0.6) is 0 Å². The first-order valence-electron chi connectivity index (χ1n) is 6.57. The molecule has 1 saturated heterocycles. The Balaban J connectivity index is 2.77. The fraction of sp³-hybridized carbons (Fsp3) is 0.917. The zero-order valence-corrected chi connectivity index (χ0v) is 12.0. The van der Waals surface area contributed by atoms with E-state index in [0.29, 0.717) is 25.9 Å². The molecule has 6 heteroatoms. The Morgan fingerprint density at radius 2 is 2.06 bits per heavy atom. The van der Waals surface area contributed by atoms with Gasteiger partial charge in [-0.25, -0.2) is 8.42 Å². The largest absolute Gasteiger partial charge is 0.480 e. The van der Waals surface area contributed by atoms with E-state index in [4.69, 9.17) is 0 Å². The Morgan fingerprint density at radius 3 is 2.56 bits per heavy atom. The molecule has 1 N–H and O–H groups in total. The van der Waals surface area contributed by atoms with Crippen molar-refractivity contribution in [3.8, 4) is 0 Å². The second kappa shape index (κ2) is 6.02. The molecule has 106 valence electrons. The van der Waals surface area contributed by atoms with Gasteiger partial charge >= 0.3 is 5.97 Å². The molecule has 0 aromatic heterocycles. The van der Waals surface area contributed by atoms with E-state index in [2.05, 4.69) is 0 Å². The summed E-state index contributed by atoms with van der Waals surface area (Å²) in [6.45, 7) is 4.60. The number of aliphatic carboxylic acids is 1. The lowest BCUT2D eigenvalue weighted by atomic mass is 9.91. The average molecular weight is 277 g/mol. The molecule has 1 fully saturated rings. The van der Waals surface area contributed by atoms with E-state index < -0.39 is 21.3 Å². The van der Waals surface area contributed by atoms with Crippen LogP contribution in [-0.2, 0) is 14.6 Å². The lowest BCUT2D eigenvalue weighted by Gasteiger charge is -2.34. The van der Waals surface area contributed by atoms with Gasteiger partial charge in [-0.05, 0) is 25.8 Å². The predicted molar refractivity (Wildman–Crippen MR) is 70.4 cm³/mol. The van der Waals surface area contributed by atoms with Crippen LogP contribution >= 0.6 is 0 Å². The summed E-state index contributed by atoms with van der Waals surface area (Å²) in [6, 6.07) is 0. The van der Waals surface area contributed by atoms with Crippen LogP contribution in [0.4, 0.5) is 0 Å². The number of rotatable bonds is 7. The highest BCUT2D eigenvalue weighted by Crippen LogP contribution is 2.33. The van der Waals surface area contributed by atoms with Crippen molar-refractivity contribution in [3.05, 3.63) is 0 Å². The van der Waals surface area contributed by atoms with Gasteiger partial charge in [0.15, 0.2) is 9.84 Å². The number of carboxylic acid groups (broad SMARTS) is 1. The molecule has 1 heterocycles. The fourth-order valence-corrected chi connectivity index (χ4v) is 3.49. The van der Waals surface area contributed by atoms with Gasteiger partial charge in [0.2, 0.25) is 0 Å². The van der Waals surface area contributed by atoms with Crippen molar-refractivity contribution in [1.82, 2.24) is 4.90 Å². The summed E-state index contributed by atoms with van der Waals surface area (Å²) in [5.41, 5.74) is -0.835. The summed E-state index contributed by atoms with van der Waals surface area (Å²) in [6.07, 6.45) is 2.85. The third-order valence-electron chi connectivity index (χ3n) is 3.80. The molecule has 0 aromatic carbocycles. The van der Waals surface area contributed by atoms with Gasteiger partial charge in [-0.2, -0.15) is 0 Å². The Bertz CT molecular complexity index is 393. The minimum Gasteiger partial charge on any atom is -0.480 e. The number of nitrogens with zero attached hydrogens (tertiary/aromatic N) is 1. The SMILES string of the molecule is CCCC1(C(=O)O)CCCN1CCS(=O)(=O)CC. The van der Waals surface area contributed by atoms with Crippen LogP contribution in [0, 0.1) is 0 Å². The molecule has 0 saturated carbocycles. The third kappa shape index (κ3) is 3.23. The predicted octanol–water partition coefficient (Wildman–Crippen LogP) is 1.14. The van der Waals surface area contributed by atoms with Crippen molar-refractivity contribution in [2.45, 2.75) is 45.1 Å². The summed E-state index contributed by atoms with van der Waals surface area (Å²) in [4.78, 5) is 13.4. The highest BCUT2D eigenvalue weighted by molar-refractivity contribution is 7.91. The lowest BCUT2D eigenvalue weighted by molar-refractivity contribution is -0.150. The zero-order valence-electron chi connectivity index (χ0n) is 11.2. The monoisotopic (exact) mass is 277 g/mol. The maximum absolute atomic E-state index is 11.5. The smallest absolute Gasteiger partial charge is 0.324 e. The summed E-state index contributed by atoms with van der Waals surface area (Å²) in [5, 5.41) is 9.46. The number of likely N-dealkylation sites (tertiary alicyclic amines) is 1. The number of hydrogen-bond acceptors (Lipinski definition) is 4. The van der Waals surface area contributed by atoms with Crippen LogP contribution in [0.1, 0.15) is 39.5 Å². The van der Waals surface area contributed by atoms with Crippen molar-refractivity contribution in [2.24, 2.45) is 0 Å². The molecule has 1 rings (SSSR count). The van der Waals surface area contributed by atoms with Crippen LogP contribution in [0.3, 0.4) is 0 Å². The van der Waals surface area contributed by atoms with E-state index in [1.165, 1.54) is 0 Å². The van der Waals surface area contributed by atoms with Gasteiger partial charge in [-0.3, -0.25) is 9.69 Å². The second-order valence-corrected chi connectivity index (χ2v) is 7.39.